The van der Waals surface area contributed by atoms with Crippen LogP contribution in [0.2, 0.25) is 0 Å². The van der Waals surface area contributed by atoms with Crippen LogP contribution in [0.25, 0.3) is 10.9 Å². The molecule has 0 aliphatic carbocycles. The molecule has 1 heterocycles. The molecule has 0 aliphatic rings. The van der Waals surface area contributed by atoms with Crippen molar-refractivity contribution in [2.45, 2.75) is 39.0 Å². The first-order valence-electron chi connectivity index (χ1n) is 7.73. The lowest BCUT2D eigenvalue weighted by atomic mass is 10.1. The van der Waals surface area contributed by atoms with Crippen LogP contribution < -0.4 is 5.32 Å². The Morgan fingerprint density at radius 3 is 3.05 bits per heavy atom. The highest BCUT2D eigenvalue weighted by Gasteiger charge is 2.06. The Balaban J connectivity index is 1.82. The Hall–Kier alpha value is -1.73. The number of carbonyl (C=O) groups excluding carboxylic acids is 1. The van der Waals surface area contributed by atoms with Gasteiger partial charge < -0.3 is 10.3 Å². The molecule has 0 bridgehead atoms. The predicted molar refractivity (Wildman–Crippen MR) is 94.6 cm³/mol. The number of hydrogen-bond donors (Lipinski definition) is 2. The van der Waals surface area contributed by atoms with Gasteiger partial charge in [0.25, 0.3) is 5.91 Å². The summed E-state index contributed by atoms with van der Waals surface area (Å²) in [5.74, 6) is 5.39. The highest BCUT2D eigenvalue weighted by molar-refractivity contribution is 9.10. The number of aromatic amines is 1. The second-order valence-electron chi connectivity index (χ2n) is 5.24. The molecule has 1 amide bonds. The third-order valence-corrected chi connectivity index (χ3v) is 4.18. The number of carbonyl (C=O) groups is 1. The first-order chi connectivity index (χ1) is 10.7. The zero-order valence-electron chi connectivity index (χ0n) is 12.8. The summed E-state index contributed by atoms with van der Waals surface area (Å²) in [7, 11) is 0. The van der Waals surface area contributed by atoms with Crippen LogP contribution in [0.4, 0.5) is 0 Å². The molecule has 2 rings (SSSR count). The Morgan fingerprint density at radius 2 is 2.23 bits per heavy atom. The molecule has 2 N–H and O–H groups in total. The Bertz CT molecular complexity index is 694. The van der Waals surface area contributed by atoms with E-state index in [0.29, 0.717) is 6.54 Å². The minimum absolute atomic E-state index is 0.185. The predicted octanol–water partition coefficient (Wildman–Crippen LogP) is 4.17. The number of benzene rings is 1. The number of unbranched alkanes of at least 4 members (excludes halogenated alkanes) is 3. The van der Waals surface area contributed by atoms with Gasteiger partial charge in [-0.3, -0.25) is 4.79 Å². The standard InChI is InChI=1S/C18H21BrN2O/c1-2-3-4-5-6-10-17(22)20-12-11-14-13-21-16-9-7-8-15(19)18(14)16/h7-9,13,21H,2-5,11-12H2,1H3,(H,20,22). The van der Waals surface area contributed by atoms with Crippen molar-refractivity contribution in [1.29, 1.82) is 0 Å². The van der Waals surface area contributed by atoms with E-state index in [1.165, 1.54) is 23.8 Å². The molecule has 0 fully saturated rings. The van der Waals surface area contributed by atoms with Gasteiger partial charge in [-0.15, -0.1) is 0 Å². The maximum absolute atomic E-state index is 11.6. The van der Waals surface area contributed by atoms with Crippen LogP contribution in [0, 0.1) is 11.8 Å². The number of nitrogens with one attached hydrogen (secondary N) is 2. The van der Waals surface area contributed by atoms with Crippen molar-refractivity contribution in [3.8, 4) is 11.8 Å². The number of hydrogen-bond acceptors (Lipinski definition) is 1. The first-order valence-corrected chi connectivity index (χ1v) is 8.53. The molecule has 2 aromatic rings. The van der Waals surface area contributed by atoms with E-state index in [2.05, 4.69) is 45.0 Å². The fraction of sp³-hybridized carbons (Fsp3) is 0.389. The topological polar surface area (TPSA) is 44.9 Å². The van der Waals surface area contributed by atoms with Gasteiger partial charge in [0, 0.05) is 34.5 Å². The van der Waals surface area contributed by atoms with Gasteiger partial charge in [-0.1, -0.05) is 47.7 Å². The minimum atomic E-state index is -0.185. The highest BCUT2D eigenvalue weighted by atomic mass is 79.9. The maximum atomic E-state index is 11.6. The van der Waals surface area contributed by atoms with E-state index in [1.54, 1.807) is 0 Å². The van der Waals surface area contributed by atoms with Gasteiger partial charge in [0.1, 0.15) is 0 Å². The lowest BCUT2D eigenvalue weighted by Crippen LogP contribution is -2.23. The number of halogens is 1. The summed E-state index contributed by atoms with van der Waals surface area (Å²) < 4.78 is 1.07. The molecule has 3 nitrogen and oxygen atoms in total. The van der Waals surface area contributed by atoms with Crippen LogP contribution in [-0.4, -0.2) is 17.4 Å². The Labute approximate surface area is 140 Å². The SMILES string of the molecule is CCCCCC#CC(=O)NCCc1c[nH]c2cccc(Br)c12. The molecule has 0 spiro atoms. The zero-order chi connectivity index (χ0) is 15.8. The fourth-order valence-corrected chi connectivity index (χ4v) is 2.99. The molecular weight excluding hydrogens is 340 g/mol. The van der Waals surface area contributed by atoms with Gasteiger partial charge in [0.05, 0.1) is 0 Å². The van der Waals surface area contributed by atoms with E-state index in [-0.39, 0.29) is 5.91 Å². The molecule has 0 saturated heterocycles. The molecule has 22 heavy (non-hydrogen) atoms. The molecule has 1 aromatic heterocycles. The molecule has 0 aliphatic heterocycles. The van der Waals surface area contributed by atoms with E-state index in [9.17, 15) is 4.79 Å². The molecule has 0 saturated carbocycles. The lowest BCUT2D eigenvalue weighted by molar-refractivity contribution is -0.115. The summed E-state index contributed by atoms with van der Waals surface area (Å²) in [4.78, 5) is 14.9. The van der Waals surface area contributed by atoms with Crippen LogP contribution in [0.5, 0.6) is 0 Å². The van der Waals surface area contributed by atoms with Gasteiger partial charge in [-0.25, -0.2) is 0 Å². The summed E-state index contributed by atoms with van der Waals surface area (Å²) in [5.41, 5.74) is 2.30. The highest BCUT2D eigenvalue weighted by Crippen LogP contribution is 2.26. The van der Waals surface area contributed by atoms with E-state index in [0.717, 1.165) is 29.3 Å². The Morgan fingerprint density at radius 1 is 1.36 bits per heavy atom. The smallest absolute Gasteiger partial charge is 0.295 e. The largest absolute Gasteiger partial charge is 0.361 e. The van der Waals surface area contributed by atoms with Crippen LogP contribution in [-0.2, 0) is 11.2 Å². The number of amides is 1. The first kappa shape index (κ1) is 16.6. The molecule has 0 radical (unpaired) electrons. The minimum Gasteiger partial charge on any atom is -0.361 e. The monoisotopic (exact) mass is 360 g/mol. The molecule has 1 aromatic carbocycles. The van der Waals surface area contributed by atoms with E-state index < -0.39 is 0 Å². The summed E-state index contributed by atoms with van der Waals surface area (Å²) in [5, 5.41) is 4.04. The van der Waals surface area contributed by atoms with Crippen LogP contribution in [0.1, 0.15) is 38.2 Å². The summed E-state index contributed by atoms with van der Waals surface area (Å²) in [6, 6.07) is 6.08. The third kappa shape index (κ3) is 4.64. The zero-order valence-corrected chi connectivity index (χ0v) is 14.4. The molecule has 0 unspecified atom stereocenters. The van der Waals surface area contributed by atoms with Gasteiger partial charge in [0.2, 0.25) is 0 Å². The van der Waals surface area contributed by atoms with Gasteiger partial charge in [0.15, 0.2) is 0 Å². The molecule has 116 valence electrons. The average molecular weight is 361 g/mol. The maximum Gasteiger partial charge on any atom is 0.295 e. The number of H-pyrrole nitrogens is 1. The fourth-order valence-electron chi connectivity index (χ4n) is 2.37. The number of aromatic nitrogens is 1. The van der Waals surface area contributed by atoms with Crippen molar-refractivity contribution in [3.05, 3.63) is 34.4 Å². The number of fused-ring (bicyclic) bond motifs is 1. The van der Waals surface area contributed by atoms with Crippen LogP contribution >= 0.6 is 15.9 Å². The molecule has 0 atom stereocenters. The quantitative estimate of drug-likeness (QED) is 0.589. The third-order valence-electron chi connectivity index (χ3n) is 3.52. The van der Waals surface area contributed by atoms with Gasteiger partial charge >= 0.3 is 0 Å². The number of rotatable bonds is 6. The molecular formula is C18H21BrN2O. The van der Waals surface area contributed by atoms with E-state index in [4.69, 9.17) is 0 Å². The average Bonchev–Trinajstić information content (AvgIpc) is 2.92. The van der Waals surface area contributed by atoms with Crippen LogP contribution in [0.15, 0.2) is 28.9 Å². The van der Waals surface area contributed by atoms with Crippen LogP contribution in [0.3, 0.4) is 0 Å². The van der Waals surface area contributed by atoms with Crippen molar-refractivity contribution >= 4 is 32.7 Å². The van der Waals surface area contributed by atoms with Crippen molar-refractivity contribution < 1.29 is 4.79 Å². The van der Waals surface area contributed by atoms with Crippen molar-refractivity contribution in [2.75, 3.05) is 6.54 Å². The second kappa shape index (κ2) is 8.65. The lowest BCUT2D eigenvalue weighted by Gasteiger charge is -2.02. The summed E-state index contributed by atoms with van der Waals surface area (Å²) >= 11 is 3.57. The normalized spacial score (nSPS) is 10.3. The van der Waals surface area contributed by atoms with Gasteiger partial charge in [-0.2, -0.15) is 0 Å². The van der Waals surface area contributed by atoms with E-state index in [1.807, 2.05) is 24.4 Å². The summed E-state index contributed by atoms with van der Waals surface area (Å²) in [6.07, 6.45) is 7.00. The Kier molecular flexibility index (Phi) is 6.54. The molecule has 4 heteroatoms. The summed E-state index contributed by atoms with van der Waals surface area (Å²) in [6.45, 7) is 2.75. The van der Waals surface area contributed by atoms with E-state index >= 15 is 0 Å². The van der Waals surface area contributed by atoms with Gasteiger partial charge in [-0.05, 0) is 36.5 Å². The second-order valence-corrected chi connectivity index (χ2v) is 6.10. The van der Waals surface area contributed by atoms with Crippen molar-refractivity contribution in [1.82, 2.24) is 10.3 Å². The van der Waals surface area contributed by atoms with Crippen molar-refractivity contribution in [3.63, 3.8) is 0 Å². The van der Waals surface area contributed by atoms with Crippen molar-refractivity contribution in [2.24, 2.45) is 0 Å².